The maximum absolute atomic E-state index is 13.8. The summed E-state index contributed by atoms with van der Waals surface area (Å²) in [6, 6.07) is 15.7. The predicted molar refractivity (Wildman–Crippen MR) is 127 cm³/mol. The normalized spacial score (nSPS) is 25.1. The van der Waals surface area contributed by atoms with Crippen LogP contribution in [0.3, 0.4) is 0 Å². The first kappa shape index (κ1) is 22.0. The van der Waals surface area contributed by atoms with Gasteiger partial charge in [-0.05, 0) is 68.1 Å². The number of rotatable bonds is 7. The van der Waals surface area contributed by atoms with Gasteiger partial charge in [-0.15, -0.1) is 0 Å². The molecule has 3 aliphatic rings. The lowest BCUT2D eigenvalue weighted by Gasteiger charge is -2.42. The predicted octanol–water partition coefficient (Wildman–Crippen LogP) is 3.74. The molecular weight excluding hydrogens is 414 g/mol. The summed E-state index contributed by atoms with van der Waals surface area (Å²) in [7, 11) is 1.64. The monoisotopic (exact) mass is 447 g/mol. The molecule has 2 aromatic carbocycles. The van der Waals surface area contributed by atoms with Crippen LogP contribution >= 0.6 is 0 Å². The summed E-state index contributed by atoms with van der Waals surface area (Å²) in [5.74, 6) is 0.302. The van der Waals surface area contributed by atoms with Gasteiger partial charge in [0.1, 0.15) is 5.75 Å². The van der Waals surface area contributed by atoms with Gasteiger partial charge in [0.05, 0.1) is 19.1 Å². The molecule has 0 aromatic heterocycles. The average Bonchev–Trinajstić information content (AvgIpc) is 3.59. The number of methoxy groups -OCH3 is 1. The highest BCUT2D eigenvalue weighted by atomic mass is 16.5. The molecule has 2 aliphatic heterocycles. The first-order chi connectivity index (χ1) is 16.1. The van der Waals surface area contributed by atoms with Gasteiger partial charge in [-0.3, -0.25) is 14.5 Å². The molecule has 1 saturated carbocycles. The molecule has 33 heavy (non-hydrogen) atoms. The van der Waals surface area contributed by atoms with Crippen LogP contribution in [0.25, 0.3) is 0 Å². The third-order valence-electron chi connectivity index (χ3n) is 7.45. The highest BCUT2D eigenvalue weighted by molar-refractivity contribution is 6.01. The van der Waals surface area contributed by atoms with Gasteiger partial charge < -0.3 is 15.0 Å². The Labute approximate surface area is 195 Å². The quantitative estimate of drug-likeness (QED) is 0.703. The number of nitrogens with zero attached hydrogens (tertiary/aromatic N) is 2. The van der Waals surface area contributed by atoms with Crippen LogP contribution < -0.4 is 10.1 Å². The van der Waals surface area contributed by atoms with Crippen molar-refractivity contribution in [2.45, 2.75) is 56.7 Å². The molecule has 3 atom stereocenters. The van der Waals surface area contributed by atoms with Crippen LogP contribution in [0.5, 0.6) is 5.75 Å². The Morgan fingerprint density at radius 2 is 1.94 bits per heavy atom. The molecule has 174 valence electrons. The van der Waals surface area contributed by atoms with E-state index in [2.05, 4.69) is 17.1 Å². The molecule has 2 aromatic rings. The van der Waals surface area contributed by atoms with Gasteiger partial charge in [-0.1, -0.05) is 37.3 Å². The minimum absolute atomic E-state index is 0.00336. The molecule has 5 rings (SSSR count). The zero-order chi connectivity index (χ0) is 22.9. The smallest absolute Gasteiger partial charge is 0.254 e. The fourth-order valence-electron chi connectivity index (χ4n) is 5.64. The number of carbonyl (C=O) groups is 2. The van der Waals surface area contributed by atoms with Crippen LogP contribution in [0.15, 0.2) is 48.5 Å². The van der Waals surface area contributed by atoms with Crippen LogP contribution in [0, 0.1) is 0 Å². The highest BCUT2D eigenvalue weighted by Gasteiger charge is 2.49. The van der Waals surface area contributed by atoms with E-state index in [0.29, 0.717) is 18.2 Å². The van der Waals surface area contributed by atoms with E-state index in [1.54, 1.807) is 7.11 Å². The second kappa shape index (κ2) is 9.18. The minimum atomic E-state index is -0.455. The summed E-state index contributed by atoms with van der Waals surface area (Å²) in [5, 5.41) is 3.27. The van der Waals surface area contributed by atoms with Crippen LogP contribution in [-0.4, -0.2) is 60.4 Å². The average molecular weight is 448 g/mol. The Balaban J connectivity index is 1.53. The number of hydrogen-bond acceptors (Lipinski definition) is 4. The van der Waals surface area contributed by atoms with E-state index in [4.69, 9.17) is 4.74 Å². The lowest BCUT2D eigenvalue weighted by atomic mass is 9.79. The Bertz CT molecular complexity index is 1030. The van der Waals surface area contributed by atoms with E-state index in [1.165, 1.54) is 6.42 Å². The number of fused-ring (bicyclic) bond motifs is 1. The third kappa shape index (κ3) is 4.12. The van der Waals surface area contributed by atoms with E-state index in [9.17, 15) is 9.59 Å². The largest absolute Gasteiger partial charge is 0.497 e. The zero-order valence-corrected chi connectivity index (χ0v) is 19.5. The van der Waals surface area contributed by atoms with Crippen molar-refractivity contribution < 1.29 is 14.3 Å². The fraction of sp³-hybridized carbons (Fsp3) is 0.481. The number of carbonyl (C=O) groups excluding carboxylic acids is 2. The van der Waals surface area contributed by atoms with Crippen LogP contribution in [0.4, 0.5) is 0 Å². The molecule has 0 radical (unpaired) electrons. The summed E-state index contributed by atoms with van der Waals surface area (Å²) in [5.41, 5.74) is 2.42. The molecule has 2 fully saturated rings. The van der Waals surface area contributed by atoms with E-state index in [1.807, 2.05) is 53.4 Å². The topological polar surface area (TPSA) is 61.9 Å². The molecule has 0 bridgehead atoms. The van der Waals surface area contributed by atoms with Crippen molar-refractivity contribution in [2.75, 3.05) is 26.7 Å². The first-order valence-corrected chi connectivity index (χ1v) is 12.2. The van der Waals surface area contributed by atoms with Crippen molar-refractivity contribution in [3.8, 4) is 5.75 Å². The van der Waals surface area contributed by atoms with Gasteiger partial charge in [0.15, 0.2) is 0 Å². The van der Waals surface area contributed by atoms with Gasteiger partial charge >= 0.3 is 0 Å². The number of amides is 2. The van der Waals surface area contributed by atoms with Crippen molar-refractivity contribution in [2.24, 2.45) is 0 Å². The summed E-state index contributed by atoms with van der Waals surface area (Å²) < 4.78 is 5.48. The van der Waals surface area contributed by atoms with E-state index in [-0.39, 0.29) is 23.9 Å². The molecule has 1 saturated heterocycles. The summed E-state index contributed by atoms with van der Waals surface area (Å²) in [6.45, 7) is 4.92. The van der Waals surface area contributed by atoms with E-state index in [0.717, 1.165) is 49.2 Å². The van der Waals surface area contributed by atoms with Crippen molar-refractivity contribution in [1.82, 2.24) is 15.1 Å². The summed E-state index contributed by atoms with van der Waals surface area (Å²) >= 11 is 0. The second-order valence-corrected chi connectivity index (χ2v) is 9.40. The van der Waals surface area contributed by atoms with Gasteiger partial charge in [0, 0.05) is 24.2 Å². The van der Waals surface area contributed by atoms with Gasteiger partial charge in [0.25, 0.3) is 5.91 Å². The number of benzene rings is 2. The SMILES string of the molecule is CCN1CCC[C@@H]1CNC(=O)[C@H]1c2ccccc2C(=O)N(C2CC2)[C@H]1c1cccc(OC)c1. The molecule has 1 N–H and O–H groups in total. The van der Waals surface area contributed by atoms with Crippen molar-refractivity contribution in [3.05, 3.63) is 65.2 Å². The third-order valence-corrected chi connectivity index (χ3v) is 7.45. The molecule has 0 unspecified atom stereocenters. The minimum Gasteiger partial charge on any atom is -0.497 e. The molecule has 6 heteroatoms. The Kier molecular flexibility index (Phi) is 6.11. The maximum Gasteiger partial charge on any atom is 0.254 e. The highest BCUT2D eigenvalue weighted by Crippen LogP contribution is 2.48. The van der Waals surface area contributed by atoms with Crippen LogP contribution in [-0.2, 0) is 4.79 Å². The molecule has 0 spiro atoms. The molecule has 6 nitrogen and oxygen atoms in total. The molecule has 2 heterocycles. The second-order valence-electron chi connectivity index (χ2n) is 9.40. The van der Waals surface area contributed by atoms with E-state index < -0.39 is 5.92 Å². The molecule has 1 aliphatic carbocycles. The number of ether oxygens (including phenoxy) is 1. The van der Waals surface area contributed by atoms with Crippen molar-refractivity contribution in [3.63, 3.8) is 0 Å². The first-order valence-electron chi connectivity index (χ1n) is 12.2. The van der Waals surface area contributed by atoms with Crippen molar-refractivity contribution in [1.29, 1.82) is 0 Å². The Morgan fingerprint density at radius 3 is 2.70 bits per heavy atom. The number of hydrogen-bond donors (Lipinski definition) is 1. The Morgan fingerprint density at radius 1 is 1.12 bits per heavy atom. The summed E-state index contributed by atoms with van der Waals surface area (Å²) in [6.07, 6.45) is 4.25. The van der Waals surface area contributed by atoms with Crippen LogP contribution in [0.2, 0.25) is 0 Å². The number of likely N-dealkylation sites (N-methyl/N-ethyl adjacent to an activating group) is 1. The lowest BCUT2D eigenvalue weighted by molar-refractivity contribution is -0.124. The Hall–Kier alpha value is -2.86. The van der Waals surface area contributed by atoms with Crippen LogP contribution in [0.1, 0.15) is 66.1 Å². The number of likely N-dealkylation sites (tertiary alicyclic amines) is 1. The lowest BCUT2D eigenvalue weighted by Crippen LogP contribution is -2.49. The summed E-state index contributed by atoms with van der Waals surface area (Å²) in [4.78, 5) is 31.9. The maximum atomic E-state index is 13.8. The molecule has 2 amide bonds. The van der Waals surface area contributed by atoms with Gasteiger partial charge in [-0.2, -0.15) is 0 Å². The van der Waals surface area contributed by atoms with E-state index >= 15 is 0 Å². The number of nitrogens with one attached hydrogen (secondary N) is 1. The zero-order valence-electron chi connectivity index (χ0n) is 19.5. The van der Waals surface area contributed by atoms with Gasteiger partial charge in [0.2, 0.25) is 5.91 Å². The standard InChI is InChI=1S/C27H33N3O3/c1-3-29-15-7-9-20(29)17-28-26(31)24-22-11-4-5-12-23(22)27(32)30(19-13-14-19)25(24)18-8-6-10-21(16-18)33-2/h4-6,8,10-12,16,19-20,24-25H,3,7,9,13-15,17H2,1-2H3,(H,28,31)/t20-,24+,25+/m1/s1. The molecular formula is C27H33N3O3. The van der Waals surface area contributed by atoms with Gasteiger partial charge in [-0.25, -0.2) is 0 Å². The van der Waals surface area contributed by atoms with Crippen molar-refractivity contribution >= 4 is 11.8 Å². The fourth-order valence-corrected chi connectivity index (χ4v) is 5.64.